The first kappa shape index (κ1) is 19.2. The van der Waals surface area contributed by atoms with Crippen molar-refractivity contribution >= 4 is 23.0 Å². The van der Waals surface area contributed by atoms with Gasteiger partial charge in [-0.25, -0.2) is 23.7 Å². The summed E-state index contributed by atoms with van der Waals surface area (Å²) in [6.07, 6.45) is 4.12. The third kappa shape index (κ3) is 3.62. The van der Waals surface area contributed by atoms with E-state index < -0.39 is 11.8 Å². The Morgan fingerprint density at radius 1 is 1.23 bits per heavy atom. The standard InChI is InChI=1S/C20H17FN6O3/c1-3-30-20(28)12-8-10-27-17(12)19(24-14-7-9-22-11-13(14)21)25-18(26-27)15-5-4-6-16(23-15)29-2/h4-11H,3H2,1-2H3,(H,22,24,25,26). The van der Waals surface area contributed by atoms with E-state index in [-0.39, 0.29) is 29.5 Å². The molecule has 10 heteroatoms. The van der Waals surface area contributed by atoms with Gasteiger partial charge in [-0.3, -0.25) is 4.98 Å². The Hall–Kier alpha value is -4.08. The van der Waals surface area contributed by atoms with Crippen LogP contribution in [0.5, 0.6) is 5.88 Å². The summed E-state index contributed by atoms with van der Waals surface area (Å²) in [4.78, 5) is 25.0. The lowest BCUT2D eigenvalue weighted by atomic mass is 10.2. The zero-order valence-electron chi connectivity index (χ0n) is 16.2. The maximum atomic E-state index is 14.2. The number of halogens is 1. The smallest absolute Gasteiger partial charge is 0.340 e. The zero-order chi connectivity index (χ0) is 21.1. The lowest BCUT2D eigenvalue weighted by Gasteiger charge is -2.11. The molecule has 30 heavy (non-hydrogen) atoms. The Morgan fingerprint density at radius 2 is 2.10 bits per heavy atom. The second-order valence-corrected chi connectivity index (χ2v) is 6.07. The SMILES string of the molecule is CCOC(=O)c1ccn2nc(-c3cccc(OC)n3)nc(Nc3ccncc3F)c12. The number of nitrogens with one attached hydrogen (secondary N) is 1. The van der Waals surface area contributed by atoms with Crippen molar-refractivity contribution in [1.29, 1.82) is 0 Å². The molecule has 4 aromatic heterocycles. The fourth-order valence-corrected chi connectivity index (χ4v) is 2.85. The normalized spacial score (nSPS) is 10.8. The van der Waals surface area contributed by atoms with Gasteiger partial charge in [0.1, 0.15) is 11.2 Å². The lowest BCUT2D eigenvalue weighted by Crippen LogP contribution is -2.09. The van der Waals surface area contributed by atoms with E-state index in [0.717, 1.165) is 6.20 Å². The molecule has 1 N–H and O–H groups in total. The van der Waals surface area contributed by atoms with Crippen LogP contribution in [0.4, 0.5) is 15.9 Å². The summed E-state index contributed by atoms with van der Waals surface area (Å²) >= 11 is 0. The van der Waals surface area contributed by atoms with E-state index in [1.807, 2.05) is 0 Å². The fraction of sp³-hybridized carbons (Fsp3) is 0.150. The highest BCUT2D eigenvalue weighted by molar-refractivity contribution is 6.01. The number of carbonyl (C=O) groups is 1. The first-order valence-corrected chi connectivity index (χ1v) is 9.05. The summed E-state index contributed by atoms with van der Waals surface area (Å²) in [5.74, 6) is -0.244. The molecular formula is C20H17FN6O3. The fourth-order valence-electron chi connectivity index (χ4n) is 2.85. The van der Waals surface area contributed by atoms with Crippen LogP contribution in [0.3, 0.4) is 0 Å². The second kappa shape index (κ2) is 8.11. The summed E-state index contributed by atoms with van der Waals surface area (Å²) in [5, 5.41) is 7.37. The van der Waals surface area contributed by atoms with Gasteiger partial charge < -0.3 is 14.8 Å². The van der Waals surface area contributed by atoms with Gasteiger partial charge in [0, 0.05) is 18.5 Å². The molecule has 4 aromatic rings. The highest BCUT2D eigenvalue weighted by Crippen LogP contribution is 2.27. The highest BCUT2D eigenvalue weighted by Gasteiger charge is 2.20. The van der Waals surface area contributed by atoms with Crippen LogP contribution in [0.15, 0.2) is 48.9 Å². The van der Waals surface area contributed by atoms with Crippen molar-refractivity contribution in [1.82, 2.24) is 24.6 Å². The number of hydrogen-bond acceptors (Lipinski definition) is 8. The van der Waals surface area contributed by atoms with E-state index >= 15 is 0 Å². The van der Waals surface area contributed by atoms with Crippen LogP contribution in [-0.2, 0) is 4.74 Å². The molecule has 4 heterocycles. The van der Waals surface area contributed by atoms with Crippen LogP contribution < -0.4 is 10.1 Å². The predicted octanol–water partition coefficient (Wildman–Crippen LogP) is 3.25. The van der Waals surface area contributed by atoms with Gasteiger partial charge in [-0.2, -0.15) is 0 Å². The Kier molecular flexibility index (Phi) is 5.21. The summed E-state index contributed by atoms with van der Waals surface area (Å²) in [6.45, 7) is 1.93. The highest BCUT2D eigenvalue weighted by atomic mass is 19.1. The minimum atomic E-state index is -0.570. The van der Waals surface area contributed by atoms with Crippen LogP contribution >= 0.6 is 0 Å². The Balaban J connectivity index is 1.90. The first-order valence-electron chi connectivity index (χ1n) is 9.05. The maximum Gasteiger partial charge on any atom is 0.340 e. The number of ether oxygens (including phenoxy) is 2. The van der Waals surface area contributed by atoms with Gasteiger partial charge >= 0.3 is 5.97 Å². The molecule has 4 rings (SSSR count). The van der Waals surface area contributed by atoms with Crippen molar-refractivity contribution < 1.29 is 18.7 Å². The molecule has 0 fully saturated rings. The molecule has 0 unspecified atom stereocenters. The van der Waals surface area contributed by atoms with Crippen LogP contribution in [0.25, 0.3) is 17.0 Å². The van der Waals surface area contributed by atoms with E-state index in [9.17, 15) is 9.18 Å². The molecule has 0 atom stereocenters. The molecule has 152 valence electrons. The average molecular weight is 408 g/mol. The lowest BCUT2D eigenvalue weighted by molar-refractivity contribution is 0.0528. The summed E-state index contributed by atoms with van der Waals surface area (Å²) < 4.78 is 26.0. The zero-order valence-corrected chi connectivity index (χ0v) is 16.2. The number of anilines is 2. The number of hydrogen-bond donors (Lipinski definition) is 1. The number of esters is 1. The van der Waals surface area contributed by atoms with Gasteiger partial charge in [-0.1, -0.05) is 6.07 Å². The van der Waals surface area contributed by atoms with E-state index in [0.29, 0.717) is 17.1 Å². The monoisotopic (exact) mass is 408 g/mol. The van der Waals surface area contributed by atoms with Crippen molar-refractivity contribution in [3.8, 4) is 17.4 Å². The van der Waals surface area contributed by atoms with Crippen LogP contribution in [0, 0.1) is 5.82 Å². The minimum Gasteiger partial charge on any atom is -0.481 e. The molecule has 0 spiro atoms. The largest absolute Gasteiger partial charge is 0.481 e. The average Bonchev–Trinajstić information content (AvgIpc) is 3.20. The van der Waals surface area contributed by atoms with Crippen molar-refractivity contribution in [2.45, 2.75) is 6.92 Å². The quantitative estimate of drug-likeness (QED) is 0.485. The minimum absolute atomic E-state index is 0.145. The number of nitrogens with zero attached hydrogens (tertiary/aromatic N) is 5. The van der Waals surface area contributed by atoms with Crippen LogP contribution in [0.1, 0.15) is 17.3 Å². The summed E-state index contributed by atoms with van der Waals surface area (Å²) in [7, 11) is 1.51. The van der Waals surface area contributed by atoms with Crippen molar-refractivity contribution in [2.24, 2.45) is 0 Å². The first-order chi connectivity index (χ1) is 14.6. The number of pyridine rings is 2. The van der Waals surface area contributed by atoms with Crippen molar-refractivity contribution in [3.05, 3.63) is 60.3 Å². The van der Waals surface area contributed by atoms with Gasteiger partial charge in [-0.15, -0.1) is 5.10 Å². The van der Waals surface area contributed by atoms with Crippen LogP contribution in [-0.4, -0.2) is 44.3 Å². The third-order valence-corrected chi connectivity index (χ3v) is 4.19. The second-order valence-electron chi connectivity index (χ2n) is 6.07. The molecule has 0 amide bonds. The van der Waals surface area contributed by atoms with E-state index in [1.165, 1.54) is 23.9 Å². The molecule has 9 nitrogen and oxygen atoms in total. The van der Waals surface area contributed by atoms with E-state index in [2.05, 4.69) is 25.4 Å². The molecule has 0 aliphatic heterocycles. The van der Waals surface area contributed by atoms with E-state index in [4.69, 9.17) is 9.47 Å². The van der Waals surface area contributed by atoms with Gasteiger partial charge in [-0.05, 0) is 25.1 Å². The van der Waals surface area contributed by atoms with Gasteiger partial charge in [0.25, 0.3) is 0 Å². The Labute approximate surface area is 170 Å². The van der Waals surface area contributed by atoms with E-state index in [1.54, 1.807) is 37.4 Å². The third-order valence-electron chi connectivity index (χ3n) is 4.19. The number of carbonyl (C=O) groups excluding carboxylic acids is 1. The Morgan fingerprint density at radius 3 is 2.87 bits per heavy atom. The van der Waals surface area contributed by atoms with Gasteiger partial charge in [0.2, 0.25) is 11.7 Å². The van der Waals surface area contributed by atoms with Crippen molar-refractivity contribution in [3.63, 3.8) is 0 Å². The molecule has 0 bridgehead atoms. The number of rotatable bonds is 6. The molecular weight excluding hydrogens is 391 g/mol. The molecule has 0 radical (unpaired) electrons. The Bertz CT molecular complexity index is 1230. The molecule has 0 aliphatic carbocycles. The summed E-state index contributed by atoms with van der Waals surface area (Å²) in [5.41, 5.74) is 1.18. The van der Waals surface area contributed by atoms with Crippen LogP contribution in [0.2, 0.25) is 0 Å². The molecule has 0 aromatic carbocycles. The number of methoxy groups -OCH3 is 1. The summed E-state index contributed by atoms with van der Waals surface area (Å²) in [6, 6.07) is 8.20. The molecule has 0 saturated heterocycles. The molecule has 0 saturated carbocycles. The molecule has 0 aliphatic rings. The predicted molar refractivity (Wildman–Crippen MR) is 106 cm³/mol. The van der Waals surface area contributed by atoms with Gasteiger partial charge in [0.05, 0.1) is 31.2 Å². The number of fused-ring (bicyclic) bond motifs is 1. The number of aromatic nitrogens is 5. The topological polar surface area (TPSA) is 104 Å². The maximum absolute atomic E-state index is 14.2. The van der Waals surface area contributed by atoms with Gasteiger partial charge in [0.15, 0.2) is 11.6 Å². The van der Waals surface area contributed by atoms with Crippen molar-refractivity contribution in [2.75, 3.05) is 19.0 Å².